The summed E-state index contributed by atoms with van der Waals surface area (Å²) in [5.74, 6) is -1.69. The molecule has 2 aromatic heterocycles. The average molecular weight is 354 g/mol. The molecule has 0 fully saturated rings. The summed E-state index contributed by atoms with van der Waals surface area (Å²) in [6.07, 6.45) is 2.48. The van der Waals surface area contributed by atoms with Crippen LogP contribution in [0.5, 0.6) is 0 Å². The lowest BCUT2D eigenvalue weighted by Gasteiger charge is -2.07. The Morgan fingerprint density at radius 1 is 1.19 bits per heavy atom. The van der Waals surface area contributed by atoms with Gasteiger partial charge < -0.3 is 15.4 Å². The zero-order chi connectivity index (χ0) is 18.8. The van der Waals surface area contributed by atoms with E-state index < -0.39 is 23.1 Å². The number of hydrogen-bond donors (Lipinski definition) is 3. The SMILES string of the molecule is CCn1c(=O)[nH]c2cc(C(=O)Nc3cncc(C(=O)O)c3)ccc2c1=O. The monoisotopic (exact) mass is 354 g/mol. The number of benzene rings is 1. The number of carboxylic acids is 1. The van der Waals surface area contributed by atoms with Gasteiger partial charge in [-0.05, 0) is 31.2 Å². The molecule has 3 rings (SSSR count). The number of amides is 1. The summed E-state index contributed by atoms with van der Waals surface area (Å²) in [7, 11) is 0. The van der Waals surface area contributed by atoms with Crippen molar-refractivity contribution in [3.8, 4) is 0 Å². The van der Waals surface area contributed by atoms with E-state index in [1.165, 1.54) is 30.5 Å². The summed E-state index contributed by atoms with van der Waals surface area (Å²) in [6, 6.07) is 5.57. The predicted octanol–water partition coefficient (Wildman–Crippen LogP) is 1.06. The van der Waals surface area contributed by atoms with Crippen molar-refractivity contribution >= 4 is 28.5 Å². The van der Waals surface area contributed by atoms with Gasteiger partial charge in [0.15, 0.2) is 0 Å². The molecule has 0 aliphatic rings. The number of nitrogens with zero attached hydrogens (tertiary/aromatic N) is 2. The van der Waals surface area contributed by atoms with E-state index in [2.05, 4.69) is 15.3 Å². The molecule has 132 valence electrons. The van der Waals surface area contributed by atoms with Crippen LogP contribution in [0, 0.1) is 0 Å². The molecule has 2 heterocycles. The maximum absolute atomic E-state index is 12.4. The quantitative estimate of drug-likeness (QED) is 0.641. The normalized spacial score (nSPS) is 10.7. The standard InChI is InChI=1S/C17H14N4O5/c1-2-21-15(23)12-4-3-9(6-13(12)20-17(21)26)14(22)19-11-5-10(16(24)25)7-18-8-11/h3-8H,2H2,1H3,(H,19,22)(H,20,26)(H,24,25). The number of aromatic nitrogens is 3. The number of H-pyrrole nitrogens is 1. The summed E-state index contributed by atoms with van der Waals surface area (Å²) < 4.78 is 1.06. The summed E-state index contributed by atoms with van der Waals surface area (Å²) in [6.45, 7) is 1.92. The van der Waals surface area contributed by atoms with E-state index in [0.717, 1.165) is 10.8 Å². The Morgan fingerprint density at radius 3 is 2.65 bits per heavy atom. The Bertz CT molecular complexity index is 1150. The second-order valence-electron chi connectivity index (χ2n) is 5.46. The molecule has 1 amide bonds. The van der Waals surface area contributed by atoms with E-state index in [1.807, 2.05) is 0 Å². The minimum absolute atomic E-state index is 0.0641. The second kappa shape index (κ2) is 6.63. The van der Waals surface area contributed by atoms with Gasteiger partial charge in [-0.15, -0.1) is 0 Å². The lowest BCUT2D eigenvalue weighted by atomic mass is 10.1. The number of pyridine rings is 1. The third kappa shape index (κ3) is 3.09. The van der Waals surface area contributed by atoms with Crippen molar-refractivity contribution in [2.45, 2.75) is 13.5 Å². The van der Waals surface area contributed by atoms with Gasteiger partial charge in [0, 0.05) is 18.3 Å². The van der Waals surface area contributed by atoms with Gasteiger partial charge in [0.05, 0.1) is 28.4 Å². The van der Waals surface area contributed by atoms with E-state index in [1.54, 1.807) is 6.92 Å². The molecule has 3 N–H and O–H groups in total. The molecule has 26 heavy (non-hydrogen) atoms. The number of rotatable bonds is 4. The molecule has 9 nitrogen and oxygen atoms in total. The minimum atomic E-state index is -1.16. The fraction of sp³-hybridized carbons (Fsp3) is 0.118. The van der Waals surface area contributed by atoms with Gasteiger partial charge in [0.25, 0.3) is 11.5 Å². The van der Waals surface area contributed by atoms with Crippen LogP contribution in [0.2, 0.25) is 0 Å². The molecule has 0 aliphatic heterocycles. The van der Waals surface area contributed by atoms with Crippen LogP contribution in [0.4, 0.5) is 5.69 Å². The number of nitrogens with one attached hydrogen (secondary N) is 2. The fourth-order valence-corrected chi connectivity index (χ4v) is 2.51. The van der Waals surface area contributed by atoms with Crippen LogP contribution in [0.25, 0.3) is 10.9 Å². The van der Waals surface area contributed by atoms with Crippen molar-refractivity contribution in [2.24, 2.45) is 0 Å². The zero-order valence-corrected chi connectivity index (χ0v) is 13.6. The first-order chi connectivity index (χ1) is 12.4. The van der Waals surface area contributed by atoms with Crippen LogP contribution in [0.1, 0.15) is 27.6 Å². The third-order valence-electron chi connectivity index (χ3n) is 3.80. The van der Waals surface area contributed by atoms with Crippen LogP contribution < -0.4 is 16.6 Å². The Kier molecular flexibility index (Phi) is 4.36. The molecule has 0 bridgehead atoms. The number of carboxylic acid groups (broad SMARTS) is 1. The maximum Gasteiger partial charge on any atom is 0.337 e. The van der Waals surface area contributed by atoms with Crippen LogP contribution in [-0.2, 0) is 6.54 Å². The first-order valence-electron chi connectivity index (χ1n) is 7.67. The number of carbonyl (C=O) groups excluding carboxylic acids is 1. The lowest BCUT2D eigenvalue weighted by molar-refractivity contribution is 0.0696. The lowest BCUT2D eigenvalue weighted by Crippen LogP contribution is -2.34. The second-order valence-corrected chi connectivity index (χ2v) is 5.46. The van der Waals surface area contributed by atoms with Crippen molar-refractivity contribution in [3.63, 3.8) is 0 Å². The van der Waals surface area contributed by atoms with E-state index in [4.69, 9.17) is 5.11 Å². The average Bonchev–Trinajstić information content (AvgIpc) is 2.61. The fourth-order valence-electron chi connectivity index (χ4n) is 2.51. The first-order valence-corrected chi connectivity index (χ1v) is 7.67. The van der Waals surface area contributed by atoms with Gasteiger partial charge in [-0.25, -0.2) is 9.59 Å². The predicted molar refractivity (Wildman–Crippen MR) is 93.7 cm³/mol. The summed E-state index contributed by atoms with van der Waals surface area (Å²) in [5, 5.41) is 11.8. The number of anilines is 1. The number of carbonyl (C=O) groups is 2. The highest BCUT2D eigenvalue weighted by Gasteiger charge is 2.12. The summed E-state index contributed by atoms with van der Waals surface area (Å²) in [4.78, 5) is 53.8. The van der Waals surface area contributed by atoms with Crippen LogP contribution in [0.15, 0.2) is 46.2 Å². The van der Waals surface area contributed by atoms with Crippen molar-refractivity contribution in [1.82, 2.24) is 14.5 Å². The van der Waals surface area contributed by atoms with Crippen molar-refractivity contribution in [3.05, 3.63) is 68.6 Å². The molecule has 0 radical (unpaired) electrons. The van der Waals surface area contributed by atoms with Gasteiger partial charge in [0.1, 0.15) is 0 Å². The van der Waals surface area contributed by atoms with E-state index in [-0.39, 0.29) is 34.3 Å². The van der Waals surface area contributed by atoms with Crippen molar-refractivity contribution in [2.75, 3.05) is 5.32 Å². The molecular weight excluding hydrogens is 340 g/mol. The van der Waals surface area contributed by atoms with Gasteiger partial charge in [-0.1, -0.05) is 0 Å². The molecule has 0 atom stereocenters. The van der Waals surface area contributed by atoms with Crippen LogP contribution in [-0.4, -0.2) is 31.5 Å². The van der Waals surface area contributed by atoms with Gasteiger partial charge in [-0.2, -0.15) is 0 Å². The Balaban J connectivity index is 1.97. The molecule has 1 aromatic carbocycles. The molecule has 9 heteroatoms. The van der Waals surface area contributed by atoms with Gasteiger partial charge in [0.2, 0.25) is 0 Å². The number of aromatic amines is 1. The topological polar surface area (TPSA) is 134 Å². The highest BCUT2D eigenvalue weighted by atomic mass is 16.4. The number of fused-ring (bicyclic) bond motifs is 1. The van der Waals surface area contributed by atoms with Crippen LogP contribution >= 0.6 is 0 Å². The van der Waals surface area contributed by atoms with E-state index >= 15 is 0 Å². The molecule has 0 unspecified atom stereocenters. The van der Waals surface area contributed by atoms with Crippen molar-refractivity contribution in [1.29, 1.82) is 0 Å². The van der Waals surface area contributed by atoms with Gasteiger partial charge >= 0.3 is 11.7 Å². The summed E-state index contributed by atoms with van der Waals surface area (Å²) >= 11 is 0. The highest BCUT2D eigenvalue weighted by Crippen LogP contribution is 2.13. The Morgan fingerprint density at radius 2 is 1.96 bits per heavy atom. The van der Waals surface area contributed by atoms with Crippen molar-refractivity contribution < 1.29 is 14.7 Å². The Hall–Kier alpha value is -3.75. The number of aromatic carboxylic acids is 1. The molecule has 0 aliphatic carbocycles. The third-order valence-corrected chi connectivity index (χ3v) is 3.80. The largest absolute Gasteiger partial charge is 0.478 e. The smallest absolute Gasteiger partial charge is 0.337 e. The maximum atomic E-state index is 12.4. The molecule has 0 spiro atoms. The van der Waals surface area contributed by atoms with E-state index in [9.17, 15) is 19.2 Å². The van der Waals surface area contributed by atoms with Gasteiger partial charge in [-0.3, -0.25) is 19.1 Å². The Labute approximate surface area is 145 Å². The molecule has 3 aromatic rings. The summed E-state index contributed by atoms with van der Waals surface area (Å²) in [5.41, 5.74) is -0.398. The highest BCUT2D eigenvalue weighted by molar-refractivity contribution is 6.06. The zero-order valence-electron chi connectivity index (χ0n) is 13.6. The molecular formula is C17H14N4O5. The molecule has 0 saturated carbocycles. The molecule has 0 saturated heterocycles. The first kappa shape index (κ1) is 17.1. The number of hydrogen-bond acceptors (Lipinski definition) is 5. The minimum Gasteiger partial charge on any atom is -0.478 e. The van der Waals surface area contributed by atoms with E-state index in [0.29, 0.717) is 0 Å². The van der Waals surface area contributed by atoms with Crippen LogP contribution in [0.3, 0.4) is 0 Å².